The highest BCUT2D eigenvalue weighted by molar-refractivity contribution is 7.99. The van der Waals surface area contributed by atoms with E-state index in [4.69, 9.17) is 0 Å². The van der Waals surface area contributed by atoms with Crippen molar-refractivity contribution in [3.8, 4) is 0 Å². The van der Waals surface area contributed by atoms with E-state index >= 15 is 0 Å². The summed E-state index contributed by atoms with van der Waals surface area (Å²) in [5.74, 6) is 1.04. The van der Waals surface area contributed by atoms with Crippen molar-refractivity contribution in [3.05, 3.63) is 29.6 Å². The minimum atomic E-state index is -0.101. The molecular formula is C17H24FNS. The summed E-state index contributed by atoms with van der Waals surface area (Å²) in [4.78, 5) is 1.26. The Morgan fingerprint density at radius 2 is 1.75 bits per heavy atom. The molecule has 0 bridgehead atoms. The van der Waals surface area contributed by atoms with Gasteiger partial charge in [0.05, 0.1) is 0 Å². The predicted octanol–water partition coefficient (Wildman–Crippen LogP) is 5.07. The van der Waals surface area contributed by atoms with Crippen molar-refractivity contribution < 1.29 is 4.39 Å². The van der Waals surface area contributed by atoms with Gasteiger partial charge in [-0.15, -0.1) is 11.8 Å². The molecule has 20 heavy (non-hydrogen) atoms. The SMILES string of the molecule is Fc1ccc2c(c1)C(NC1CCCCCCC1)CCS2. The largest absolute Gasteiger partial charge is 0.307 e. The number of halogens is 1. The zero-order chi connectivity index (χ0) is 13.8. The number of hydrogen-bond acceptors (Lipinski definition) is 2. The summed E-state index contributed by atoms with van der Waals surface area (Å²) in [6, 6.07) is 6.25. The Hall–Kier alpha value is -0.540. The molecule has 1 saturated carbocycles. The van der Waals surface area contributed by atoms with E-state index in [-0.39, 0.29) is 5.82 Å². The van der Waals surface area contributed by atoms with E-state index in [0.717, 1.165) is 12.2 Å². The second kappa shape index (κ2) is 6.95. The van der Waals surface area contributed by atoms with Crippen LogP contribution in [0.25, 0.3) is 0 Å². The van der Waals surface area contributed by atoms with Crippen LogP contribution in [0.1, 0.15) is 63.0 Å². The van der Waals surface area contributed by atoms with Crippen molar-refractivity contribution in [3.63, 3.8) is 0 Å². The molecule has 0 radical (unpaired) electrons. The van der Waals surface area contributed by atoms with Gasteiger partial charge in [-0.25, -0.2) is 4.39 Å². The first-order valence-corrected chi connectivity index (χ1v) is 9.00. The van der Waals surface area contributed by atoms with Gasteiger partial charge in [-0.1, -0.05) is 32.1 Å². The molecule has 1 aromatic rings. The lowest BCUT2D eigenvalue weighted by molar-refractivity contribution is 0.346. The van der Waals surface area contributed by atoms with E-state index in [0.29, 0.717) is 12.1 Å². The Morgan fingerprint density at radius 3 is 2.55 bits per heavy atom. The van der Waals surface area contributed by atoms with Crippen LogP contribution >= 0.6 is 11.8 Å². The molecule has 1 aromatic carbocycles. The third kappa shape index (κ3) is 3.56. The van der Waals surface area contributed by atoms with Gasteiger partial charge in [0.15, 0.2) is 0 Å². The first-order chi connectivity index (χ1) is 9.83. The van der Waals surface area contributed by atoms with Gasteiger partial charge in [0.25, 0.3) is 0 Å². The molecule has 1 fully saturated rings. The monoisotopic (exact) mass is 293 g/mol. The van der Waals surface area contributed by atoms with Crippen molar-refractivity contribution in [1.82, 2.24) is 5.32 Å². The molecule has 1 atom stereocenters. The van der Waals surface area contributed by atoms with Crippen molar-refractivity contribution >= 4 is 11.8 Å². The minimum Gasteiger partial charge on any atom is -0.307 e. The summed E-state index contributed by atoms with van der Waals surface area (Å²) in [5, 5.41) is 3.83. The van der Waals surface area contributed by atoms with Crippen LogP contribution in [0.4, 0.5) is 4.39 Å². The Morgan fingerprint density at radius 1 is 1.00 bits per heavy atom. The summed E-state index contributed by atoms with van der Waals surface area (Å²) in [5.41, 5.74) is 1.18. The summed E-state index contributed by atoms with van der Waals surface area (Å²) in [6.07, 6.45) is 10.5. The number of rotatable bonds is 2. The van der Waals surface area contributed by atoms with Crippen LogP contribution in [0.3, 0.4) is 0 Å². The number of nitrogens with one attached hydrogen (secondary N) is 1. The van der Waals surface area contributed by atoms with Gasteiger partial charge in [-0.2, -0.15) is 0 Å². The third-order valence-corrected chi connectivity index (χ3v) is 5.68. The summed E-state index contributed by atoms with van der Waals surface area (Å²) < 4.78 is 13.5. The molecule has 1 unspecified atom stereocenters. The third-order valence-electron chi connectivity index (χ3n) is 4.55. The number of benzene rings is 1. The molecule has 0 aromatic heterocycles. The van der Waals surface area contributed by atoms with Crippen molar-refractivity contribution in [2.24, 2.45) is 0 Å². The van der Waals surface area contributed by atoms with E-state index < -0.39 is 0 Å². The second-order valence-corrected chi connectivity index (χ2v) is 7.22. The molecule has 1 nitrogen and oxygen atoms in total. The Kier molecular flexibility index (Phi) is 5.00. The first kappa shape index (κ1) is 14.4. The molecule has 1 heterocycles. The van der Waals surface area contributed by atoms with Crippen LogP contribution in [0, 0.1) is 5.82 Å². The smallest absolute Gasteiger partial charge is 0.123 e. The van der Waals surface area contributed by atoms with Crippen LogP contribution < -0.4 is 5.32 Å². The molecule has 0 amide bonds. The molecule has 3 heteroatoms. The number of hydrogen-bond donors (Lipinski definition) is 1. The molecule has 1 N–H and O–H groups in total. The van der Waals surface area contributed by atoms with Gasteiger partial charge < -0.3 is 5.32 Å². The Balaban J connectivity index is 1.70. The highest BCUT2D eigenvalue weighted by Gasteiger charge is 2.23. The van der Waals surface area contributed by atoms with Crippen molar-refractivity contribution in [2.75, 3.05) is 5.75 Å². The average molecular weight is 293 g/mol. The lowest BCUT2D eigenvalue weighted by Crippen LogP contribution is -2.35. The van der Waals surface area contributed by atoms with Crippen molar-refractivity contribution in [2.45, 2.75) is 68.3 Å². The maximum absolute atomic E-state index is 13.5. The molecular weight excluding hydrogens is 269 g/mol. The quantitative estimate of drug-likeness (QED) is 0.817. The van der Waals surface area contributed by atoms with Crippen LogP contribution in [-0.2, 0) is 0 Å². The van der Waals surface area contributed by atoms with Crippen LogP contribution in [-0.4, -0.2) is 11.8 Å². The van der Waals surface area contributed by atoms with E-state index in [1.807, 2.05) is 17.8 Å². The Labute approximate surface area is 125 Å². The molecule has 2 aliphatic rings. The van der Waals surface area contributed by atoms with Gasteiger partial charge >= 0.3 is 0 Å². The number of thioether (sulfide) groups is 1. The second-order valence-electron chi connectivity index (χ2n) is 6.08. The summed E-state index contributed by atoms with van der Waals surface area (Å²) >= 11 is 1.86. The maximum Gasteiger partial charge on any atom is 0.123 e. The van der Waals surface area contributed by atoms with Crippen LogP contribution in [0.5, 0.6) is 0 Å². The molecule has 1 aliphatic carbocycles. The van der Waals surface area contributed by atoms with E-state index in [1.165, 1.54) is 55.4 Å². The maximum atomic E-state index is 13.5. The lowest BCUT2D eigenvalue weighted by Gasteiger charge is -2.31. The van der Waals surface area contributed by atoms with Gasteiger partial charge in [0.2, 0.25) is 0 Å². The molecule has 0 spiro atoms. The number of fused-ring (bicyclic) bond motifs is 1. The zero-order valence-corrected chi connectivity index (χ0v) is 12.9. The first-order valence-electron chi connectivity index (χ1n) is 8.01. The van der Waals surface area contributed by atoms with Gasteiger partial charge in [0, 0.05) is 17.0 Å². The predicted molar refractivity (Wildman–Crippen MR) is 83.7 cm³/mol. The molecule has 1 aliphatic heterocycles. The molecule has 3 rings (SSSR count). The average Bonchev–Trinajstić information content (AvgIpc) is 2.42. The highest BCUT2D eigenvalue weighted by Crippen LogP contribution is 2.37. The fourth-order valence-electron chi connectivity index (χ4n) is 3.45. The van der Waals surface area contributed by atoms with Crippen molar-refractivity contribution in [1.29, 1.82) is 0 Å². The fourth-order valence-corrected chi connectivity index (χ4v) is 4.55. The molecule has 0 saturated heterocycles. The molecule has 110 valence electrons. The van der Waals surface area contributed by atoms with E-state index in [2.05, 4.69) is 5.32 Å². The standard InChI is InChI=1S/C17H24FNS/c18-13-8-9-17-15(12-13)16(10-11-20-17)19-14-6-4-2-1-3-5-7-14/h8-9,12,14,16,19H,1-7,10-11H2. The van der Waals surface area contributed by atoms with Gasteiger partial charge in [-0.05, 0) is 48.8 Å². The summed E-state index contributed by atoms with van der Waals surface area (Å²) in [6.45, 7) is 0. The van der Waals surface area contributed by atoms with Crippen LogP contribution in [0.2, 0.25) is 0 Å². The van der Waals surface area contributed by atoms with Crippen LogP contribution in [0.15, 0.2) is 23.1 Å². The minimum absolute atomic E-state index is 0.101. The topological polar surface area (TPSA) is 12.0 Å². The Bertz CT molecular complexity index is 441. The fraction of sp³-hybridized carbons (Fsp3) is 0.647. The van der Waals surface area contributed by atoms with Gasteiger partial charge in [-0.3, -0.25) is 0 Å². The zero-order valence-electron chi connectivity index (χ0n) is 12.0. The summed E-state index contributed by atoms with van der Waals surface area (Å²) in [7, 11) is 0. The highest BCUT2D eigenvalue weighted by atomic mass is 32.2. The van der Waals surface area contributed by atoms with Gasteiger partial charge in [0.1, 0.15) is 5.82 Å². The van der Waals surface area contributed by atoms with E-state index in [9.17, 15) is 4.39 Å². The van der Waals surface area contributed by atoms with E-state index in [1.54, 1.807) is 12.1 Å². The normalized spacial score (nSPS) is 24.8. The lowest BCUT2D eigenvalue weighted by atomic mass is 9.94.